The molecule has 1 amide bonds. The number of hydrogen-bond acceptors (Lipinski definition) is 9. The van der Waals surface area contributed by atoms with Crippen molar-refractivity contribution in [2.24, 2.45) is 0 Å². The number of carbonyl (C=O) groups excluding carboxylic acids is 1. The summed E-state index contributed by atoms with van der Waals surface area (Å²) in [5.41, 5.74) is 1.19. The number of halogens is 1. The lowest BCUT2D eigenvalue weighted by Gasteiger charge is -2.14. The van der Waals surface area contributed by atoms with E-state index in [0.29, 0.717) is 57.0 Å². The molecule has 35 heavy (non-hydrogen) atoms. The maximum atomic E-state index is 12.7. The number of thioether (sulfide) groups is 1. The van der Waals surface area contributed by atoms with Crippen LogP contribution in [0, 0.1) is 0 Å². The Bertz CT molecular complexity index is 1180. The summed E-state index contributed by atoms with van der Waals surface area (Å²) >= 11 is 7.40. The molecule has 3 rings (SSSR count). The second-order valence-electron chi connectivity index (χ2n) is 6.99. The van der Waals surface area contributed by atoms with Crippen LogP contribution in [-0.4, -0.2) is 62.0 Å². The van der Waals surface area contributed by atoms with Crippen LogP contribution < -0.4 is 29.0 Å². The van der Waals surface area contributed by atoms with Crippen molar-refractivity contribution in [1.82, 2.24) is 14.8 Å². The van der Waals surface area contributed by atoms with Crippen LogP contribution in [0.25, 0.3) is 11.4 Å². The highest BCUT2D eigenvalue weighted by atomic mass is 35.5. The highest BCUT2D eigenvalue weighted by molar-refractivity contribution is 7.99. The third-order valence-corrected chi connectivity index (χ3v) is 6.30. The van der Waals surface area contributed by atoms with Crippen LogP contribution in [0.15, 0.2) is 29.4 Å². The van der Waals surface area contributed by atoms with Gasteiger partial charge in [-0.2, -0.15) is 0 Å². The van der Waals surface area contributed by atoms with E-state index >= 15 is 0 Å². The lowest BCUT2D eigenvalue weighted by atomic mass is 10.1. The van der Waals surface area contributed by atoms with E-state index in [4.69, 9.17) is 35.3 Å². The van der Waals surface area contributed by atoms with Crippen LogP contribution in [-0.2, 0) is 11.3 Å². The standard InChI is InChI=1S/C23H27ClN4O6S/c1-7-28-22(13-8-18(32-4)21(34-6)19(9-13)33-5)26-27-23(28)35-12-20(29)25-15-11-16(30-2)14(24)10-17(15)31-3/h8-11H,7,12H2,1-6H3,(H,25,29). The molecule has 0 saturated heterocycles. The number of rotatable bonds is 11. The second kappa shape index (κ2) is 11.9. The first-order valence-electron chi connectivity index (χ1n) is 10.5. The van der Waals surface area contributed by atoms with Gasteiger partial charge in [-0.15, -0.1) is 10.2 Å². The molecule has 1 N–H and O–H groups in total. The molecule has 0 fully saturated rings. The third kappa shape index (κ3) is 5.68. The van der Waals surface area contributed by atoms with Crippen molar-refractivity contribution in [2.45, 2.75) is 18.6 Å². The van der Waals surface area contributed by atoms with Gasteiger partial charge in [-0.05, 0) is 19.1 Å². The SMILES string of the molecule is CCn1c(SCC(=O)Nc2cc(OC)c(Cl)cc2OC)nnc1-c1cc(OC)c(OC)c(OC)c1. The number of aromatic nitrogens is 3. The van der Waals surface area contributed by atoms with Crippen molar-refractivity contribution < 1.29 is 28.5 Å². The summed E-state index contributed by atoms with van der Waals surface area (Å²) < 4.78 is 28.7. The van der Waals surface area contributed by atoms with E-state index in [-0.39, 0.29) is 11.7 Å². The topological polar surface area (TPSA) is 106 Å². The molecular weight excluding hydrogens is 496 g/mol. The molecule has 0 unspecified atom stereocenters. The molecule has 12 heteroatoms. The molecule has 2 aromatic carbocycles. The molecular formula is C23H27ClN4O6S. The van der Waals surface area contributed by atoms with Crippen molar-refractivity contribution in [1.29, 1.82) is 0 Å². The lowest BCUT2D eigenvalue weighted by molar-refractivity contribution is -0.113. The summed E-state index contributed by atoms with van der Waals surface area (Å²) in [6.45, 7) is 2.56. The number of benzene rings is 2. The van der Waals surface area contributed by atoms with Gasteiger partial charge >= 0.3 is 0 Å². The Morgan fingerprint density at radius 1 is 0.914 bits per heavy atom. The van der Waals surface area contributed by atoms with Gasteiger partial charge in [0.2, 0.25) is 11.7 Å². The van der Waals surface area contributed by atoms with Gasteiger partial charge in [0.15, 0.2) is 22.5 Å². The minimum Gasteiger partial charge on any atom is -0.495 e. The summed E-state index contributed by atoms with van der Waals surface area (Å²) in [4.78, 5) is 12.7. The van der Waals surface area contributed by atoms with Gasteiger partial charge in [0, 0.05) is 24.2 Å². The summed E-state index contributed by atoms with van der Waals surface area (Å²) in [5.74, 6) is 2.81. The zero-order chi connectivity index (χ0) is 25.5. The van der Waals surface area contributed by atoms with Gasteiger partial charge < -0.3 is 33.6 Å². The van der Waals surface area contributed by atoms with Gasteiger partial charge in [0.25, 0.3) is 0 Å². The number of methoxy groups -OCH3 is 5. The Labute approximate surface area is 212 Å². The number of carbonyl (C=O) groups is 1. The minimum absolute atomic E-state index is 0.0987. The summed E-state index contributed by atoms with van der Waals surface area (Å²) in [5, 5.41) is 12.4. The fourth-order valence-electron chi connectivity index (χ4n) is 3.38. The predicted octanol–water partition coefficient (Wildman–Crippen LogP) is 4.39. The molecule has 0 spiro atoms. The highest BCUT2D eigenvalue weighted by Gasteiger charge is 2.20. The molecule has 188 valence electrons. The van der Waals surface area contributed by atoms with E-state index < -0.39 is 0 Å². The first-order valence-corrected chi connectivity index (χ1v) is 11.8. The molecule has 0 saturated carbocycles. The molecule has 0 aliphatic heterocycles. The van der Waals surface area contributed by atoms with Gasteiger partial charge in [0.05, 0.1) is 52.0 Å². The monoisotopic (exact) mass is 522 g/mol. The first-order chi connectivity index (χ1) is 16.9. The second-order valence-corrected chi connectivity index (χ2v) is 8.34. The predicted molar refractivity (Wildman–Crippen MR) is 135 cm³/mol. The smallest absolute Gasteiger partial charge is 0.234 e. The summed E-state index contributed by atoms with van der Waals surface area (Å²) in [6, 6.07) is 6.80. The molecule has 0 radical (unpaired) electrons. The van der Waals surface area contributed by atoms with Crippen molar-refractivity contribution in [3.05, 3.63) is 29.3 Å². The number of ether oxygens (including phenoxy) is 5. The molecule has 1 heterocycles. The van der Waals surface area contributed by atoms with Crippen LogP contribution in [0.3, 0.4) is 0 Å². The van der Waals surface area contributed by atoms with Crippen LogP contribution in [0.2, 0.25) is 5.02 Å². The summed E-state index contributed by atoms with van der Waals surface area (Å²) in [6.07, 6.45) is 0. The lowest BCUT2D eigenvalue weighted by Crippen LogP contribution is -2.15. The quantitative estimate of drug-likeness (QED) is 0.367. The first kappa shape index (κ1) is 26.3. The van der Waals surface area contributed by atoms with Crippen molar-refractivity contribution in [2.75, 3.05) is 46.6 Å². The molecule has 0 aliphatic rings. The normalized spacial score (nSPS) is 10.6. The largest absolute Gasteiger partial charge is 0.495 e. The Balaban J connectivity index is 1.81. The number of nitrogens with zero attached hydrogens (tertiary/aromatic N) is 3. The zero-order valence-corrected chi connectivity index (χ0v) is 21.9. The Morgan fingerprint density at radius 2 is 1.54 bits per heavy atom. The fourth-order valence-corrected chi connectivity index (χ4v) is 4.41. The molecule has 3 aromatic rings. The van der Waals surface area contributed by atoms with Gasteiger partial charge in [-0.3, -0.25) is 4.79 Å². The molecule has 1 aromatic heterocycles. The van der Waals surface area contributed by atoms with E-state index in [1.165, 1.54) is 26.0 Å². The number of hydrogen-bond donors (Lipinski definition) is 1. The Morgan fingerprint density at radius 3 is 2.09 bits per heavy atom. The summed E-state index contributed by atoms with van der Waals surface area (Å²) in [7, 11) is 7.65. The molecule has 0 atom stereocenters. The van der Waals surface area contributed by atoms with Crippen LogP contribution in [0.1, 0.15) is 6.92 Å². The number of amides is 1. The van der Waals surface area contributed by atoms with Crippen LogP contribution >= 0.6 is 23.4 Å². The molecule has 0 bridgehead atoms. The van der Waals surface area contributed by atoms with E-state index in [1.54, 1.807) is 45.6 Å². The van der Waals surface area contributed by atoms with E-state index in [2.05, 4.69) is 15.5 Å². The highest BCUT2D eigenvalue weighted by Crippen LogP contribution is 2.41. The van der Waals surface area contributed by atoms with Crippen LogP contribution in [0.4, 0.5) is 5.69 Å². The number of anilines is 1. The molecule has 10 nitrogen and oxygen atoms in total. The van der Waals surface area contributed by atoms with E-state index in [0.717, 1.165) is 5.56 Å². The van der Waals surface area contributed by atoms with Crippen molar-refractivity contribution >= 4 is 35.0 Å². The van der Waals surface area contributed by atoms with E-state index in [1.807, 2.05) is 11.5 Å². The Hall–Kier alpha value is -3.31. The third-order valence-electron chi connectivity index (χ3n) is 5.04. The Kier molecular flexibility index (Phi) is 8.94. The van der Waals surface area contributed by atoms with Gasteiger partial charge in [-0.25, -0.2) is 0 Å². The zero-order valence-electron chi connectivity index (χ0n) is 20.3. The average Bonchev–Trinajstić information content (AvgIpc) is 3.30. The minimum atomic E-state index is -0.252. The van der Waals surface area contributed by atoms with E-state index in [9.17, 15) is 4.79 Å². The van der Waals surface area contributed by atoms with Gasteiger partial charge in [-0.1, -0.05) is 23.4 Å². The maximum absolute atomic E-state index is 12.7. The molecule has 0 aliphatic carbocycles. The maximum Gasteiger partial charge on any atom is 0.234 e. The number of nitrogens with one attached hydrogen (secondary N) is 1. The average molecular weight is 523 g/mol. The van der Waals surface area contributed by atoms with Gasteiger partial charge in [0.1, 0.15) is 11.5 Å². The van der Waals surface area contributed by atoms with Crippen LogP contribution in [0.5, 0.6) is 28.7 Å². The van der Waals surface area contributed by atoms with Crippen molar-refractivity contribution in [3.63, 3.8) is 0 Å². The fraction of sp³-hybridized carbons (Fsp3) is 0.348. The van der Waals surface area contributed by atoms with Crippen molar-refractivity contribution in [3.8, 4) is 40.1 Å².